The van der Waals surface area contributed by atoms with Crippen molar-refractivity contribution in [3.63, 3.8) is 0 Å². The highest BCUT2D eigenvalue weighted by molar-refractivity contribution is 6.02. The third-order valence-corrected chi connectivity index (χ3v) is 2.76. The minimum atomic E-state index is -0.471. The topological polar surface area (TPSA) is 48.3 Å². The number of benzene rings is 1. The molecule has 0 amide bonds. The maximum Gasteiger partial charge on any atom is 0.355 e. The molecule has 2 rings (SSSR count). The van der Waals surface area contributed by atoms with Gasteiger partial charge in [-0.05, 0) is 32.0 Å². The summed E-state index contributed by atoms with van der Waals surface area (Å²) in [6, 6.07) is 7.39. The number of aryl methyl sites for hydroxylation is 1. The Kier molecular flexibility index (Phi) is 3.19. The van der Waals surface area contributed by atoms with E-state index in [2.05, 4.69) is 0 Å². The lowest BCUT2D eigenvalue weighted by Crippen LogP contribution is -2.16. The number of ether oxygens (including phenoxy) is 1. The standard InChI is InChI=1S/C14H15NO3/c1-4-18-14(17)13-8-11-7-9(2)5-6-12(11)15(13)10(3)16/h5-8H,4H2,1-3H3. The van der Waals surface area contributed by atoms with Gasteiger partial charge in [-0.1, -0.05) is 11.6 Å². The first-order valence-electron chi connectivity index (χ1n) is 5.84. The normalized spacial score (nSPS) is 10.6. The summed E-state index contributed by atoms with van der Waals surface area (Å²) in [6.07, 6.45) is 0. The van der Waals surface area contributed by atoms with E-state index in [1.807, 2.05) is 25.1 Å². The second kappa shape index (κ2) is 4.64. The van der Waals surface area contributed by atoms with E-state index in [4.69, 9.17) is 4.74 Å². The predicted octanol–water partition coefficient (Wildman–Crippen LogP) is 2.79. The van der Waals surface area contributed by atoms with Gasteiger partial charge in [-0.25, -0.2) is 4.79 Å². The monoisotopic (exact) mass is 245 g/mol. The largest absolute Gasteiger partial charge is 0.461 e. The summed E-state index contributed by atoms with van der Waals surface area (Å²) >= 11 is 0. The minimum absolute atomic E-state index is 0.197. The van der Waals surface area contributed by atoms with Crippen LogP contribution in [0.4, 0.5) is 0 Å². The highest BCUT2D eigenvalue weighted by Crippen LogP contribution is 2.22. The van der Waals surface area contributed by atoms with Crippen LogP contribution in [-0.2, 0) is 4.74 Å². The number of hydrogen-bond donors (Lipinski definition) is 0. The summed E-state index contributed by atoms with van der Waals surface area (Å²) in [7, 11) is 0. The van der Waals surface area contributed by atoms with E-state index in [0.29, 0.717) is 0 Å². The first-order chi connectivity index (χ1) is 8.54. The summed E-state index contributed by atoms with van der Waals surface area (Å²) in [4.78, 5) is 23.5. The van der Waals surface area contributed by atoms with Gasteiger partial charge >= 0.3 is 5.97 Å². The molecule has 0 saturated heterocycles. The van der Waals surface area contributed by atoms with Crippen LogP contribution in [-0.4, -0.2) is 23.1 Å². The van der Waals surface area contributed by atoms with Crippen LogP contribution < -0.4 is 0 Å². The number of nitrogens with zero attached hydrogens (tertiary/aromatic N) is 1. The molecule has 0 aliphatic heterocycles. The lowest BCUT2D eigenvalue weighted by Gasteiger charge is -2.05. The Balaban J connectivity index is 2.68. The van der Waals surface area contributed by atoms with Crippen LogP contribution in [0.25, 0.3) is 10.9 Å². The fourth-order valence-electron chi connectivity index (χ4n) is 2.03. The second-order valence-electron chi connectivity index (χ2n) is 4.17. The second-order valence-corrected chi connectivity index (χ2v) is 4.17. The van der Waals surface area contributed by atoms with Gasteiger partial charge in [-0.15, -0.1) is 0 Å². The van der Waals surface area contributed by atoms with Crippen molar-refractivity contribution in [1.29, 1.82) is 0 Å². The third kappa shape index (κ3) is 2.01. The Morgan fingerprint density at radius 1 is 1.28 bits per heavy atom. The summed E-state index contributed by atoms with van der Waals surface area (Å²) < 4.78 is 6.36. The molecule has 0 N–H and O–H groups in total. The van der Waals surface area contributed by atoms with Crippen LogP contribution in [0.15, 0.2) is 24.3 Å². The third-order valence-electron chi connectivity index (χ3n) is 2.76. The van der Waals surface area contributed by atoms with Crippen molar-refractivity contribution in [2.24, 2.45) is 0 Å². The smallest absolute Gasteiger partial charge is 0.355 e. The summed E-state index contributed by atoms with van der Waals surface area (Å²) in [5.41, 5.74) is 2.10. The van der Waals surface area contributed by atoms with Crippen molar-refractivity contribution in [3.8, 4) is 0 Å². The van der Waals surface area contributed by atoms with Gasteiger partial charge in [0, 0.05) is 12.3 Å². The molecule has 0 bridgehead atoms. The average Bonchev–Trinajstić information content (AvgIpc) is 2.67. The van der Waals surface area contributed by atoms with E-state index in [1.54, 1.807) is 13.0 Å². The number of esters is 1. The lowest BCUT2D eigenvalue weighted by atomic mass is 10.2. The number of aromatic nitrogens is 1. The highest BCUT2D eigenvalue weighted by atomic mass is 16.5. The van der Waals surface area contributed by atoms with E-state index in [-0.39, 0.29) is 18.2 Å². The number of carbonyl (C=O) groups excluding carboxylic acids is 2. The molecule has 0 fully saturated rings. The number of hydrogen-bond acceptors (Lipinski definition) is 3. The van der Waals surface area contributed by atoms with Crippen molar-refractivity contribution in [2.45, 2.75) is 20.8 Å². The Morgan fingerprint density at radius 2 is 2.00 bits per heavy atom. The van der Waals surface area contributed by atoms with E-state index in [9.17, 15) is 9.59 Å². The molecule has 0 unspecified atom stereocenters. The van der Waals surface area contributed by atoms with Crippen LogP contribution in [0.1, 0.15) is 34.7 Å². The molecular weight excluding hydrogens is 230 g/mol. The van der Waals surface area contributed by atoms with Gasteiger partial charge in [-0.3, -0.25) is 9.36 Å². The van der Waals surface area contributed by atoms with Crippen LogP contribution in [0, 0.1) is 6.92 Å². The molecule has 0 radical (unpaired) electrons. The molecule has 1 aromatic heterocycles. The molecule has 4 heteroatoms. The van der Waals surface area contributed by atoms with Crippen LogP contribution >= 0.6 is 0 Å². The SMILES string of the molecule is CCOC(=O)c1cc2cc(C)ccc2n1C(C)=O. The molecule has 0 atom stereocenters. The molecular formula is C14H15NO3. The fourth-order valence-corrected chi connectivity index (χ4v) is 2.03. The molecule has 1 aromatic carbocycles. The van der Waals surface area contributed by atoms with Crippen LogP contribution in [0.5, 0.6) is 0 Å². The molecule has 0 saturated carbocycles. The van der Waals surface area contributed by atoms with Gasteiger partial charge in [0.2, 0.25) is 5.91 Å². The Bertz CT molecular complexity index is 625. The fraction of sp³-hybridized carbons (Fsp3) is 0.286. The molecule has 0 aliphatic rings. The summed E-state index contributed by atoms with van der Waals surface area (Å²) in [5, 5.41) is 0.869. The van der Waals surface area contributed by atoms with Crippen molar-refractivity contribution in [1.82, 2.24) is 4.57 Å². The van der Waals surface area contributed by atoms with Gasteiger partial charge in [0.05, 0.1) is 12.1 Å². The predicted molar refractivity (Wildman–Crippen MR) is 68.9 cm³/mol. The van der Waals surface area contributed by atoms with E-state index in [1.165, 1.54) is 11.5 Å². The number of fused-ring (bicyclic) bond motifs is 1. The zero-order chi connectivity index (χ0) is 13.3. The zero-order valence-electron chi connectivity index (χ0n) is 10.7. The Morgan fingerprint density at radius 3 is 2.61 bits per heavy atom. The molecule has 18 heavy (non-hydrogen) atoms. The van der Waals surface area contributed by atoms with Gasteiger partial charge in [-0.2, -0.15) is 0 Å². The Hall–Kier alpha value is -2.10. The number of carbonyl (C=O) groups is 2. The van der Waals surface area contributed by atoms with Gasteiger partial charge < -0.3 is 4.74 Å². The summed E-state index contributed by atoms with van der Waals surface area (Å²) in [5.74, 6) is -0.668. The molecule has 4 nitrogen and oxygen atoms in total. The van der Waals surface area contributed by atoms with Crippen LogP contribution in [0.3, 0.4) is 0 Å². The van der Waals surface area contributed by atoms with Crippen LogP contribution in [0.2, 0.25) is 0 Å². The van der Waals surface area contributed by atoms with Gasteiger partial charge in [0.25, 0.3) is 0 Å². The molecule has 0 aliphatic carbocycles. The molecule has 2 aromatic rings. The highest BCUT2D eigenvalue weighted by Gasteiger charge is 2.18. The quantitative estimate of drug-likeness (QED) is 0.764. The van der Waals surface area contributed by atoms with E-state index >= 15 is 0 Å². The minimum Gasteiger partial charge on any atom is -0.461 e. The van der Waals surface area contributed by atoms with Crippen molar-refractivity contribution in [2.75, 3.05) is 6.61 Å². The number of rotatable bonds is 2. The zero-order valence-corrected chi connectivity index (χ0v) is 10.7. The van der Waals surface area contributed by atoms with E-state index in [0.717, 1.165) is 16.5 Å². The van der Waals surface area contributed by atoms with Crippen molar-refractivity contribution in [3.05, 3.63) is 35.5 Å². The average molecular weight is 245 g/mol. The first kappa shape index (κ1) is 12.4. The van der Waals surface area contributed by atoms with Gasteiger partial charge in [0.15, 0.2) is 0 Å². The first-order valence-corrected chi connectivity index (χ1v) is 5.84. The van der Waals surface area contributed by atoms with Gasteiger partial charge in [0.1, 0.15) is 5.69 Å². The lowest BCUT2D eigenvalue weighted by molar-refractivity contribution is 0.0510. The van der Waals surface area contributed by atoms with E-state index < -0.39 is 5.97 Å². The molecule has 0 spiro atoms. The van der Waals surface area contributed by atoms with Crippen molar-refractivity contribution < 1.29 is 14.3 Å². The maximum absolute atomic E-state index is 11.8. The summed E-state index contributed by atoms with van der Waals surface area (Å²) in [6.45, 7) is 5.43. The van der Waals surface area contributed by atoms with Crippen molar-refractivity contribution >= 4 is 22.8 Å². The maximum atomic E-state index is 11.8. The molecule has 1 heterocycles. The Labute approximate surface area is 105 Å². The molecule has 94 valence electrons.